The van der Waals surface area contributed by atoms with Crippen LogP contribution in [0.4, 0.5) is 0 Å². The fraction of sp³-hybridized carbons (Fsp3) is 0.458. The first-order chi connectivity index (χ1) is 14.7. The molecule has 1 aliphatic heterocycles. The van der Waals surface area contributed by atoms with E-state index in [0.717, 1.165) is 0 Å². The van der Waals surface area contributed by atoms with E-state index < -0.39 is 0 Å². The molecule has 1 aromatic heterocycles. The van der Waals surface area contributed by atoms with Gasteiger partial charge in [-0.25, -0.2) is 0 Å². The van der Waals surface area contributed by atoms with Crippen LogP contribution in [0.1, 0.15) is 47.8 Å². The number of nitrogens with one attached hydrogen (secondary N) is 1. The number of nitrogens with zero attached hydrogens (tertiary/aromatic N) is 3. The van der Waals surface area contributed by atoms with Crippen molar-refractivity contribution in [1.29, 1.82) is 0 Å². The number of piperazine rings is 1. The second-order valence-corrected chi connectivity index (χ2v) is 8.28. The quantitative estimate of drug-likeness (QED) is 0.801. The van der Waals surface area contributed by atoms with Gasteiger partial charge in [0.05, 0.1) is 12.6 Å². The molecule has 1 saturated carbocycles. The number of carbonyl (C=O) groups is 2. The van der Waals surface area contributed by atoms with Crippen LogP contribution >= 0.6 is 0 Å². The van der Waals surface area contributed by atoms with Gasteiger partial charge in [0.15, 0.2) is 0 Å². The number of hydrogen-bond acceptors (Lipinski definition) is 4. The normalized spacial score (nSPS) is 18.9. The average molecular weight is 407 g/mol. The Labute approximate surface area is 178 Å². The molecule has 1 aliphatic carbocycles. The zero-order valence-corrected chi connectivity index (χ0v) is 17.4. The molecular weight excluding hydrogens is 376 g/mol. The van der Waals surface area contributed by atoms with Crippen molar-refractivity contribution in [2.24, 2.45) is 5.92 Å². The second kappa shape index (κ2) is 9.85. The van der Waals surface area contributed by atoms with Crippen molar-refractivity contribution >= 4 is 11.8 Å². The zero-order valence-electron chi connectivity index (χ0n) is 17.4. The molecule has 2 aliphatic rings. The molecule has 1 unspecified atom stereocenters. The topological polar surface area (TPSA) is 65.5 Å². The van der Waals surface area contributed by atoms with Crippen LogP contribution in [0.2, 0.25) is 0 Å². The number of amides is 2. The van der Waals surface area contributed by atoms with Crippen LogP contribution in [0, 0.1) is 5.92 Å². The molecule has 0 spiro atoms. The molecule has 4 rings (SSSR count). The van der Waals surface area contributed by atoms with Crippen molar-refractivity contribution in [2.45, 2.75) is 31.7 Å². The summed E-state index contributed by atoms with van der Waals surface area (Å²) in [6.07, 6.45) is 6.48. The lowest BCUT2D eigenvalue weighted by Gasteiger charge is -2.34. The highest BCUT2D eigenvalue weighted by Gasteiger charge is 2.29. The van der Waals surface area contributed by atoms with E-state index in [9.17, 15) is 9.59 Å². The van der Waals surface area contributed by atoms with Crippen LogP contribution in [0.25, 0.3) is 0 Å². The summed E-state index contributed by atoms with van der Waals surface area (Å²) in [7, 11) is 0. The van der Waals surface area contributed by atoms with Gasteiger partial charge in [0.1, 0.15) is 5.69 Å². The fourth-order valence-electron chi connectivity index (χ4n) is 4.61. The minimum absolute atomic E-state index is 0.0370. The summed E-state index contributed by atoms with van der Waals surface area (Å²) in [6.45, 7) is 3.01. The van der Waals surface area contributed by atoms with Crippen molar-refractivity contribution in [2.75, 3.05) is 32.7 Å². The van der Waals surface area contributed by atoms with Gasteiger partial charge in [0.25, 0.3) is 5.91 Å². The van der Waals surface area contributed by atoms with Gasteiger partial charge in [-0.05, 0) is 36.5 Å². The number of rotatable bonds is 6. The number of aromatic nitrogens is 1. The summed E-state index contributed by atoms with van der Waals surface area (Å²) >= 11 is 0. The third-order valence-corrected chi connectivity index (χ3v) is 6.26. The molecule has 158 valence electrons. The maximum Gasteiger partial charge on any atom is 0.272 e. The number of benzene rings is 1. The van der Waals surface area contributed by atoms with Gasteiger partial charge in [-0.3, -0.25) is 19.5 Å². The summed E-state index contributed by atoms with van der Waals surface area (Å²) in [5.74, 6) is 0.550. The standard InChI is InChI=1S/C24H30N4O2/c29-22(26-23(20-10-4-5-11-20)19-8-2-1-3-9-19)18-27-14-16-28(17-15-27)24(30)21-12-6-7-13-25-21/h1-3,6-9,12-13,20,23H,4-5,10-11,14-18H2,(H,26,29). The molecule has 2 heterocycles. The van der Waals surface area contributed by atoms with Crippen LogP contribution in [0.15, 0.2) is 54.7 Å². The van der Waals surface area contributed by atoms with Crippen molar-refractivity contribution in [3.05, 3.63) is 66.0 Å². The number of pyridine rings is 1. The van der Waals surface area contributed by atoms with E-state index in [-0.39, 0.29) is 17.9 Å². The molecule has 1 atom stereocenters. The zero-order chi connectivity index (χ0) is 20.8. The molecule has 1 saturated heterocycles. The Morgan fingerprint density at radius 1 is 0.967 bits per heavy atom. The third kappa shape index (κ3) is 5.05. The van der Waals surface area contributed by atoms with E-state index in [2.05, 4.69) is 27.3 Å². The Balaban J connectivity index is 1.30. The van der Waals surface area contributed by atoms with Crippen molar-refractivity contribution in [3.8, 4) is 0 Å². The van der Waals surface area contributed by atoms with Gasteiger partial charge < -0.3 is 10.2 Å². The Morgan fingerprint density at radius 2 is 1.67 bits per heavy atom. The van der Waals surface area contributed by atoms with Gasteiger partial charge in [-0.15, -0.1) is 0 Å². The van der Waals surface area contributed by atoms with Gasteiger partial charge in [0, 0.05) is 32.4 Å². The van der Waals surface area contributed by atoms with E-state index in [4.69, 9.17) is 0 Å². The molecule has 2 fully saturated rings. The van der Waals surface area contributed by atoms with Crippen molar-refractivity contribution in [3.63, 3.8) is 0 Å². The molecule has 2 aromatic rings. The van der Waals surface area contributed by atoms with Crippen LogP contribution in [0.5, 0.6) is 0 Å². The minimum Gasteiger partial charge on any atom is -0.348 e. The lowest BCUT2D eigenvalue weighted by Crippen LogP contribution is -2.51. The van der Waals surface area contributed by atoms with E-state index in [1.807, 2.05) is 35.2 Å². The molecule has 2 amide bonds. The molecule has 1 aromatic carbocycles. The number of carbonyl (C=O) groups excluding carboxylic acids is 2. The highest BCUT2D eigenvalue weighted by molar-refractivity contribution is 5.92. The predicted molar refractivity (Wildman–Crippen MR) is 116 cm³/mol. The van der Waals surface area contributed by atoms with Crippen LogP contribution in [0.3, 0.4) is 0 Å². The first kappa shape index (κ1) is 20.5. The van der Waals surface area contributed by atoms with Gasteiger partial charge in [0.2, 0.25) is 5.91 Å². The molecule has 6 heteroatoms. The van der Waals surface area contributed by atoms with Crippen molar-refractivity contribution in [1.82, 2.24) is 20.1 Å². The maximum absolute atomic E-state index is 12.8. The Bertz CT molecular complexity index is 829. The second-order valence-electron chi connectivity index (χ2n) is 8.28. The van der Waals surface area contributed by atoms with E-state index in [1.54, 1.807) is 12.3 Å². The van der Waals surface area contributed by atoms with Gasteiger partial charge in [-0.1, -0.05) is 49.2 Å². The van der Waals surface area contributed by atoms with E-state index >= 15 is 0 Å². The smallest absolute Gasteiger partial charge is 0.272 e. The lowest BCUT2D eigenvalue weighted by molar-refractivity contribution is -0.123. The first-order valence-electron chi connectivity index (χ1n) is 11.0. The first-order valence-corrected chi connectivity index (χ1v) is 11.0. The molecular formula is C24H30N4O2. The van der Waals surface area contributed by atoms with E-state index in [1.165, 1.54) is 31.2 Å². The molecule has 0 radical (unpaired) electrons. The summed E-state index contributed by atoms with van der Waals surface area (Å²) in [4.78, 5) is 33.5. The molecule has 0 bridgehead atoms. The summed E-state index contributed by atoms with van der Waals surface area (Å²) in [5.41, 5.74) is 1.68. The Morgan fingerprint density at radius 3 is 2.33 bits per heavy atom. The SMILES string of the molecule is O=C(CN1CCN(C(=O)c2ccccn2)CC1)NC(c1ccccc1)C1CCCC1. The minimum atomic E-state index is -0.0370. The van der Waals surface area contributed by atoms with Gasteiger partial charge >= 0.3 is 0 Å². The molecule has 30 heavy (non-hydrogen) atoms. The Hall–Kier alpha value is -2.73. The third-order valence-electron chi connectivity index (χ3n) is 6.26. The maximum atomic E-state index is 12.8. The highest BCUT2D eigenvalue weighted by Crippen LogP contribution is 2.35. The fourth-order valence-corrected chi connectivity index (χ4v) is 4.61. The molecule has 6 nitrogen and oxygen atoms in total. The highest BCUT2D eigenvalue weighted by atomic mass is 16.2. The summed E-state index contributed by atoms with van der Waals surface area (Å²) in [5, 5.41) is 3.31. The monoisotopic (exact) mass is 406 g/mol. The van der Waals surface area contributed by atoms with Crippen LogP contribution in [-0.2, 0) is 4.79 Å². The lowest BCUT2D eigenvalue weighted by atomic mass is 9.91. The van der Waals surface area contributed by atoms with Crippen LogP contribution < -0.4 is 5.32 Å². The number of hydrogen-bond donors (Lipinski definition) is 1. The van der Waals surface area contributed by atoms with E-state index in [0.29, 0.717) is 44.3 Å². The Kier molecular flexibility index (Phi) is 6.74. The van der Waals surface area contributed by atoms with Gasteiger partial charge in [-0.2, -0.15) is 0 Å². The molecule has 1 N–H and O–H groups in total. The predicted octanol–water partition coefficient (Wildman–Crippen LogP) is 2.89. The van der Waals surface area contributed by atoms with Crippen molar-refractivity contribution < 1.29 is 9.59 Å². The largest absolute Gasteiger partial charge is 0.348 e. The van der Waals surface area contributed by atoms with Crippen LogP contribution in [-0.4, -0.2) is 59.3 Å². The summed E-state index contributed by atoms with van der Waals surface area (Å²) < 4.78 is 0. The summed E-state index contributed by atoms with van der Waals surface area (Å²) in [6, 6.07) is 15.8. The average Bonchev–Trinajstić information content (AvgIpc) is 3.33.